The average Bonchev–Trinajstić information content (AvgIpc) is 2.40. The molecule has 0 aliphatic rings. The molecule has 1 aromatic carbocycles. The van der Waals surface area contributed by atoms with Crippen LogP contribution in [0.3, 0.4) is 0 Å². The molecule has 1 rings (SSSR count). The normalized spacial score (nSPS) is 10.8. The second-order valence-electron chi connectivity index (χ2n) is 6.10. The predicted octanol–water partition coefficient (Wildman–Crippen LogP) is 4.47. The molecule has 0 amide bonds. The first kappa shape index (κ1) is 19.1. The number of carbonyl (C=O) groups excluding carboxylic acids is 2. The average molecular weight is 351 g/mol. The van der Waals surface area contributed by atoms with E-state index in [0.717, 1.165) is 16.7 Å². The summed E-state index contributed by atoms with van der Waals surface area (Å²) in [6, 6.07) is 6.15. The van der Waals surface area contributed by atoms with Crippen LogP contribution in [0.4, 0.5) is 0 Å². The van der Waals surface area contributed by atoms with Crippen LogP contribution in [0, 0.1) is 11.5 Å². The zero-order valence-corrected chi connectivity index (χ0v) is 16.4. The lowest BCUT2D eigenvalue weighted by Gasteiger charge is -2.07. The molecule has 0 fully saturated rings. The van der Waals surface area contributed by atoms with Crippen molar-refractivity contribution >= 4 is 41.8 Å². The van der Waals surface area contributed by atoms with Crippen molar-refractivity contribution in [3.8, 4) is 11.5 Å². The van der Waals surface area contributed by atoms with E-state index < -0.39 is 8.07 Å². The van der Waals surface area contributed by atoms with Gasteiger partial charge in [-0.05, 0) is 23.3 Å². The van der Waals surface area contributed by atoms with Crippen LogP contribution in [0.15, 0.2) is 18.2 Å². The van der Waals surface area contributed by atoms with Gasteiger partial charge in [0.1, 0.15) is 8.07 Å². The van der Waals surface area contributed by atoms with Gasteiger partial charge in [0, 0.05) is 30.9 Å². The first-order valence-electron chi connectivity index (χ1n) is 7.08. The summed E-state index contributed by atoms with van der Waals surface area (Å²) in [5.74, 6) is 4.56. The number of hydrogen-bond acceptors (Lipinski definition) is 4. The Balaban J connectivity index is 3.04. The molecule has 0 unspecified atom stereocenters. The van der Waals surface area contributed by atoms with Crippen LogP contribution >= 0.6 is 23.5 Å². The Kier molecular flexibility index (Phi) is 7.47. The Morgan fingerprint density at radius 2 is 1.41 bits per heavy atom. The topological polar surface area (TPSA) is 34.1 Å². The fourth-order valence-corrected chi connectivity index (χ4v) is 3.22. The summed E-state index contributed by atoms with van der Waals surface area (Å²) in [4.78, 5) is 22.3. The molecule has 2 nitrogen and oxygen atoms in total. The van der Waals surface area contributed by atoms with Gasteiger partial charge in [0.2, 0.25) is 0 Å². The van der Waals surface area contributed by atoms with Crippen LogP contribution in [-0.2, 0) is 21.1 Å². The molecule has 0 N–H and O–H groups in total. The molecule has 0 aromatic heterocycles. The molecule has 0 aliphatic heterocycles. The molecular formula is C17H22O2S2Si. The fourth-order valence-electron chi connectivity index (χ4n) is 1.63. The minimum atomic E-state index is -1.43. The smallest absolute Gasteiger partial charge is 0.186 e. The molecule has 0 atom stereocenters. The van der Waals surface area contributed by atoms with Crippen molar-refractivity contribution in [2.24, 2.45) is 0 Å². The van der Waals surface area contributed by atoms with Crippen molar-refractivity contribution in [2.75, 3.05) is 0 Å². The van der Waals surface area contributed by atoms with Crippen LogP contribution in [-0.4, -0.2) is 18.3 Å². The largest absolute Gasteiger partial charge is 0.288 e. The first-order chi connectivity index (χ1) is 10.2. The summed E-state index contributed by atoms with van der Waals surface area (Å²) in [5.41, 5.74) is 6.51. The van der Waals surface area contributed by atoms with Crippen molar-refractivity contribution in [1.82, 2.24) is 0 Å². The Labute approximate surface area is 142 Å². The summed E-state index contributed by atoms with van der Waals surface area (Å²) >= 11 is 2.60. The molecule has 0 aliphatic carbocycles. The lowest BCUT2D eigenvalue weighted by Crippen LogP contribution is -2.16. The van der Waals surface area contributed by atoms with Crippen molar-refractivity contribution in [3.05, 3.63) is 34.9 Å². The van der Waals surface area contributed by atoms with Crippen LogP contribution in [0.5, 0.6) is 0 Å². The standard InChI is InChI=1S/C17H22O2S2Si/c1-13(18)20-11-16-8-15(6-7-22(3,4)5)9-17(10-16)12-21-14(2)19/h8-10H,11-12H2,1-5H3. The van der Waals surface area contributed by atoms with Crippen LogP contribution in [0.25, 0.3) is 0 Å². The van der Waals surface area contributed by atoms with E-state index >= 15 is 0 Å². The number of carbonyl (C=O) groups is 2. The maximum atomic E-state index is 11.2. The summed E-state index contributed by atoms with van der Waals surface area (Å²) in [6.07, 6.45) is 0. The Morgan fingerprint density at radius 3 is 1.77 bits per heavy atom. The van der Waals surface area contributed by atoms with Gasteiger partial charge in [-0.15, -0.1) is 5.54 Å². The van der Waals surface area contributed by atoms with Gasteiger partial charge in [0.25, 0.3) is 0 Å². The third-order valence-electron chi connectivity index (χ3n) is 2.52. The fraction of sp³-hybridized carbons (Fsp3) is 0.412. The SMILES string of the molecule is CC(=O)SCc1cc(C#C[Si](C)(C)C)cc(CSC(C)=O)c1. The molecule has 118 valence electrons. The van der Waals surface area contributed by atoms with Crippen molar-refractivity contribution < 1.29 is 9.59 Å². The zero-order valence-electron chi connectivity index (χ0n) is 13.8. The number of thioether (sulfide) groups is 2. The molecule has 0 radical (unpaired) electrons. The Bertz CT molecular complexity index is 586. The lowest BCUT2D eigenvalue weighted by molar-refractivity contribution is -0.109. The number of benzene rings is 1. The number of hydrogen-bond donors (Lipinski definition) is 0. The second-order valence-corrected chi connectivity index (χ2v) is 13.2. The molecule has 0 heterocycles. The van der Waals surface area contributed by atoms with Gasteiger partial charge in [0.05, 0.1) is 0 Å². The molecule has 5 heteroatoms. The van der Waals surface area contributed by atoms with E-state index in [1.807, 2.05) is 12.1 Å². The highest BCUT2D eigenvalue weighted by Gasteiger charge is 2.08. The highest BCUT2D eigenvalue weighted by molar-refractivity contribution is 8.13. The van der Waals surface area contributed by atoms with Gasteiger partial charge in [-0.25, -0.2) is 0 Å². The van der Waals surface area contributed by atoms with Crippen LogP contribution < -0.4 is 0 Å². The van der Waals surface area contributed by atoms with Crippen molar-refractivity contribution in [1.29, 1.82) is 0 Å². The van der Waals surface area contributed by atoms with Gasteiger partial charge in [0.15, 0.2) is 10.2 Å². The van der Waals surface area contributed by atoms with E-state index in [-0.39, 0.29) is 10.2 Å². The first-order valence-corrected chi connectivity index (χ1v) is 12.6. The van der Waals surface area contributed by atoms with Crippen LogP contribution in [0.1, 0.15) is 30.5 Å². The Morgan fingerprint density at radius 1 is 0.955 bits per heavy atom. The molecular weight excluding hydrogens is 328 g/mol. The zero-order chi connectivity index (χ0) is 16.8. The second kappa shape index (κ2) is 8.61. The molecule has 0 spiro atoms. The van der Waals surface area contributed by atoms with Crippen molar-refractivity contribution in [2.45, 2.75) is 45.0 Å². The van der Waals surface area contributed by atoms with Gasteiger partial charge in [-0.1, -0.05) is 55.2 Å². The van der Waals surface area contributed by atoms with Crippen molar-refractivity contribution in [3.63, 3.8) is 0 Å². The lowest BCUT2D eigenvalue weighted by atomic mass is 10.1. The Hall–Kier alpha value is -0.963. The minimum Gasteiger partial charge on any atom is -0.288 e. The van der Waals surface area contributed by atoms with Gasteiger partial charge >= 0.3 is 0 Å². The summed E-state index contributed by atoms with van der Waals surface area (Å²) < 4.78 is 0. The quantitative estimate of drug-likeness (QED) is 0.592. The predicted molar refractivity (Wildman–Crippen MR) is 101 cm³/mol. The van der Waals surface area contributed by atoms with E-state index in [1.54, 1.807) is 13.8 Å². The van der Waals surface area contributed by atoms with E-state index in [1.165, 1.54) is 23.5 Å². The highest BCUT2D eigenvalue weighted by atomic mass is 32.2. The molecule has 1 aromatic rings. The number of rotatable bonds is 4. The molecule has 0 saturated carbocycles. The summed E-state index contributed by atoms with van der Waals surface area (Å²) in [5, 5.41) is 0.219. The minimum absolute atomic E-state index is 0.109. The van der Waals surface area contributed by atoms with E-state index in [4.69, 9.17) is 0 Å². The van der Waals surface area contributed by atoms with E-state index in [9.17, 15) is 9.59 Å². The molecule has 0 bridgehead atoms. The van der Waals surface area contributed by atoms with E-state index in [0.29, 0.717) is 11.5 Å². The maximum absolute atomic E-state index is 11.2. The summed E-state index contributed by atoms with van der Waals surface area (Å²) in [6.45, 7) is 9.78. The third-order valence-corrected chi connectivity index (χ3v) is 5.16. The third kappa shape index (κ3) is 8.47. The van der Waals surface area contributed by atoms with E-state index in [2.05, 4.69) is 37.2 Å². The van der Waals surface area contributed by atoms with Gasteiger partial charge in [-0.3, -0.25) is 9.59 Å². The molecule has 22 heavy (non-hydrogen) atoms. The highest BCUT2D eigenvalue weighted by Crippen LogP contribution is 2.20. The maximum Gasteiger partial charge on any atom is 0.186 e. The summed E-state index contributed by atoms with van der Waals surface area (Å²) in [7, 11) is -1.43. The van der Waals surface area contributed by atoms with Gasteiger partial charge in [-0.2, -0.15) is 0 Å². The van der Waals surface area contributed by atoms with Gasteiger partial charge < -0.3 is 0 Å². The monoisotopic (exact) mass is 350 g/mol. The molecule has 0 saturated heterocycles. The van der Waals surface area contributed by atoms with Crippen LogP contribution in [0.2, 0.25) is 19.6 Å².